The summed E-state index contributed by atoms with van der Waals surface area (Å²) in [5.74, 6) is -0.562. The Morgan fingerprint density at radius 1 is 1.21 bits per heavy atom. The van der Waals surface area contributed by atoms with E-state index in [0.29, 0.717) is 11.3 Å². The molecule has 0 spiro atoms. The van der Waals surface area contributed by atoms with Gasteiger partial charge < -0.3 is 14.6 Å². The molecule has 168 valence electrons. The zero-order valence-electron chi connectivity index (χ0n) is 18.4. The Labute approximate surface area is 193 Å². The van der Waals surface area contributed by atoms with Crippen LogP contribution in [0.2, 0.25) is 0 Å². The lowest BCUT2D eigenvalue weighted by Crippen LogP contribution is -2.44. The molecule has 1 N–H and O–H groups in total. The maximum absolute atomic E-state index is 13.2. The number of aromatic nitrogens is 1. The minimum Gasteiger partial charge on any atom is -0.458 e. The van der Waals surface area contributed by atoms with Gasteiger partial charge in [-0.15, -0.1) is 11.3 Å². The van der Waals surface area contributed by atoms with E-state index in [1.54, 1.807) is 26.1 Å². The topological polar surface area (TPSA) is 95.8 Å². The van der Waals surface area contributed by atoms with Crippen LogP contribution in [0.15, 0.2) is 59.0 Å². The molecule has 8 nitrogen and oxygen atoms in total. The number of furan rings is 1. The minimum absolute atomic E-state index is 0.308. The van der Waals surface area contributed by atoms with Crippen molar-refractivity contribution in [1.29, 1.82) is 0 Å². The predicted molar refractivity (Wildman–Crippen MR) is 125 cm³/mol. The summed E-state index contributed by atoms with van der Waals surface area (Å²) in [5.41, 5.74) is 0.115. The van der Waals surface area contributed by atoms with Gasteiger partial charge in [-0.3, -0.25) is 14.5 Å². The van der Waals surface area contributed by atoms with Crippen molar-refractivity contribution in [3.63, 3.8) is 0 Å². The Kier molecular flexibility index (Phi) is 4.93. The van der Waals surface area contributed by atoms with Gasteiger partial charge in [0.1, 0.15) is 22.9 Å². The number of thiazole rings is 1. The van der Waals surface area contributed by atoms with Crippen LogP contribution < -0.4 is 5.32 Å². The molecule has 2 aromatic heterocycles. The van der Waals surface area contributed by atoms with Crippen molar-refractivity contribution in [2.45, 2.75) is 25.4 Å². The van der Waals surface area contributed by atoms with E-state index in [2.05, 4.69) is 10.3 Å². The predicted octanol–water partition coefficient (Wildman–Crippen LogP) is 4.03. The standard InChI is InChI=1S/C24H22N4O4S/c1-14(21-25-16-9-5-7-11-18(16)33-21)27(3)20(29)13-28-22(30)24(2,26-23(28)31)19-12-15-8-4-6-10-17(15)32-19/h4-12,14H,13H2,1-3H3,(H,26,31)/t14-,24+/m1/s1. The van der Waals surface area contributed by atoms with Crippen molar-refractivity contribution in [2.24, 2.45) is 0 Å². The van der Waals surface area contributed by atoms with E-state index in [1.165, 1.54) is 16.2 Å². The summed E-state index contributed by atoms with van der Waals surface area (Å²) >= 11 is 1.52. The Hall–Kier alpha value is -3.72. The Morgan fingerprint density at radius 2 is 1.94 bits per heavy atom. The lowest BCUT2D eigenvalue weighted by atomic mass is 9.99. The first-order valence-electron chi connectivity index (χ1n) is 10.5. The third-order valence-corrected chi connectivity index (χ3v) is 7.34. The maximum atomic E-state index is 13.2. The first-order valence-corrected chi connectivity index (χ1v) is 11.3. The van der Waals surface area contributed by atoms with Gasteiger partial charge in [-0.05, 0) is 38.1 Å². The van der Waals surface area contributed by atoms with E-state index in [4.69, 9.17) is 4.42 Å². The Balaban J connectivity index is 1.34. The molecule has 4 aromatic rings. The van der Waals surface area contributed by atoms with Gasteiger partial charge in [-0.25, -0.2) is 9.78 Å². The molecule has 0 saturated carbocycles. The van der Waals surface area contributed by atoms with E-state index in [-0.39, 0.29) is 18.5 Å². The van der Waals surface area contributed by atoms with Crippen molar-refractivity contribution in [1.82, 2.24) is 20.1 Å². The highest BCUT2D eigenvalue weighted by Gasteiger charge is 2.52. The second-order valence-electron chi connectivity index (χ2n) is 8.30. The average Bonchev–Trinajstić information content (AvgIpc) is 3.49. The number of carbonyl (C=O) groups is 3. The lowest BCUT2D eigenvalue weighted by Gasteiger charge is -2.25. The van der Waals surface area contributed by atoms with Crippen LogP contribution in [-0.2, 0) is 15.1 Å². The molecule has 33 heavy (non-hydrogen) atoms. The molecule has 5 rings (SSSR count). The number of imide groups is 1. The number of nitrogens with one attached hydrogen (secondary N) is 1. The first kappa shape index (κ1) is 21.1. The van der Waals surface area contributed by atoms with E-state index in [9.17, 15) is 14.4 Å². The van der Waals surface area contributed by atoms with E-state index in [0.717, 1.165) is 25.5 Å². The fraction of sp³-hybridized carbons (Fsp3) is 0.250. The summed E-state index contributed by atoms with van der Waals surface area (Å²) in [4.78, 5) is 46.0. The van der Waals surface area contributed by atoms with Crippen LogP contribution in [0.4, 0.5) is 4.79 Å². The summed E-state index contributed by atoms with van der Waals surface area (Å²) in [6, 6.07) is 15.9. The summed E-state index contributed by atoms with van der Waals surface area (Å²) in [6.45, 7) is 3.09. The maximum Gasteiger partial charge on any atom is 0.325 e. The van der Waals surface area contributed by atoms with Crippen molar-refractivity contribution < 1.29 is 18.8 Å². The van der Waals surface area contributed by atoms with Crippen LogP contribution in [0.25, 0.3) is 21.2 Å². The molecule has 1 aliphatic rings. The highest BCUT2D eigenvalue weighted by molar-refractivity contribution is 7.18. The monoisotopic (exact) mass is 462 g/mol. The normalized spacial score (nSPS) is 19.3. The second-order valence-corrected chi connectivity index (χ2v) is 9.36. The van der Waals surface area contributed by atoms with E-state index < -0.39 is 17.5 Å². The molecule has 2 aromatic carbocycles. The van der Waals surface area contributed by atoms with Gasteiger partial charge in [0.2, 0.25) is 5.91 Å². The quantitative estimate of drug-likeness (QED) is 0.452. The number of likely N-dealkylation sites (N-methyl/N-ethyl adjacent to an activating group) is 1. The average molecular weight is 463 g/mol. The van der Waals surface area contributed by atoms with Crippen molar-refractivity contribution in [2.75, 3.05) is 13.6 Å². The highest BCUT2D eigenvalue weighted by atomic mass is 32.1. The van der Waals surface area contributed by atoms with Gasteiger partial charge in [0.25, 0.3) is 5.91 Å². The number of nitrogens with zero attached hydrogens (tertiary/aromatic N) is 3. The van der Waals surface area contributed by atoms with E-state index in [1.807, 2.05) is 49.4 Å². The molecule has 0 aliphatic carbocycles. The third kappa shape index (κ3) is 3.45. The number of fused-ring (bicyclic) bond motifs is 2. The Bertz CT molecular complexity index is 1340. The molecule has 1 saturated heterocycles. The van der Waals surface area contributed by atoms with Gasteiger partial charge >= 0.3 is 6.03 Å². The highest BCUT2D eigenvalue weighted by Crippen LogP contribution is 2.33. The van der Waals surface area contributed by atoms with Crippen LogP contribution in [-0.4, -0.2) is 46.2 Å². The molecule has 0 radical (unpaired) electrons. The molecule has 3 heterocycles. The number of rotatable bonds is 5. The van der Waals surface area contributed by atoms with Crippen LogP contribution in [0.1, 0.15) is 30.7 Å². The molecule has 4 amide bonds. The van der Waals surface area contributed by atoms with Crippen molar-refractivity contribution in [3.8, 4) is 0 Å². The van der Waals surface area contributed by atoms with Gasteiger partial charge in [0.15, 0.2) is 5.54 Å². The molecule has 1 fully saturated rings. The van der Waals surface area contributed by atoms with Gasteiger partial charge in [0.05, 0.1) is 16.3 Å². The van der Waals surface area contributed by atoms with Crippen molar-refractivity contribution in [3.05, 3.63) is 65.4 Å². The number of para-hydroxylation sites is 2. The molecule has 0 bridgehead atoms. The second kappa shape index (κ2) is 7.70. The fourth-order valence-corrected chi connectivity index (χ4v) is 5.00. The number of hydrogen-bond acceptors (Lipinski definition) is 6. The zero-order chi connectivity index (χ0) is 23.3. The number of benzene rings is 2. The fourth-order valence-electron chi connectivity index (χ4n) is 3.93. The summed E-state index contributed by atoms with van der Waals surface area (Å²) in [5, 5.41) is 4.31. The lowest BCUT2D eigenvalue weighted by molar-refractivity contribution is -0.139. The number of amides is 4. The summed E-state index contributed by atoms with van der Waals surface area (Å²) in [6.07, 6.45) is 0. The Morgan fingerprint density at radius 3 is 2.70 bits per heavy atom. The molecular weight excluding hydrogens is 440 g/mol. The number of hydrogen-bond donors (Lipinski definition) is 1. The largest absolute Gasteiger partial charge is 0.458 e. The van der Waals surface area contributed by atoms with Gasteiger partial charge in [0, 0.05) is 12.4 Å². The minimum atomic E-state index is -1.38. The SMILES string of the molecule is C[C@H](c1nc2ccccc2s1)N(C)C(=O)CN1C(=O)N[C@@](C)(c2cc3ccccc3o2)C1=O. The number of urea groups is 1. The van der Waals surface area contributed by atoms with Gasteiger partial charge in [-0.1, -0.05) is 30.3 Å². The summed E-state index contributed by atoms with van der Waals surface area (Å²) in [7, 11) is 1.65. The molecular formula is C24H22N4O4S. The van der Waals surface area contributed by atoms with E-state index >= 15 is 0 Å². The zero-order valence-corrected chi connectivity index (χ0v) is 19.2. The first-order chi connectivity index (χ1) is 15.8. The van der Waals surface area contributed by atoms with Crippen LogP contribution in [0.5, 0.6) is 0 Å². The van der Waals surface area contributed by atoms with Crippen LogP contribution >= 0.6 is 11.3 Å². The van der Waals surface area contributed by atoms with Crippen LogP contribution in [0, 0.1) is 0 Å². The third-order valence-electron chi connectivity index (χ3n) is 6.13. The smallest absolute Gasteiger partial charge is 0.325 e. The molecule has 1 aliphatic heterocycles. The van der Waals surface area contributed by atoms with Crippen LogP contribution in [0.3, 0.4) is 0 Å². The molecule has 2 atom stereocenters. The number of carbonyl (C=O) groups excluding carboxylic acids is 3. The molecule has 0 unspecified atom stereocenters. The van der Waals surface area contributed by atoms with Gasteiger partial charge in [-0.2, -0.15) is 0 Å². The summed E-state index contributed by atoms with van der Waals surface area (Å²) < 4.78 is 6.87. The van der Waals surface area contributed by atoms with Crippen molar-refractivity contribution >= 4 is 50.4 Å². The molecule has 9 heteroatoms.